The van der Waals surface area contributed by atoms with Crippen molar-refractivity contribution in [3.05, 3.63) is 83.7 Å². The van der Waals surface area contributed by atoms with Gasteiger partial charge in [0.1, 0.15) is 30.0 Å². The summed E-state index contributed by atoms with van der Waals surface area (Å²) in [5.74, 6) is 2.31. The highest BCUT2D eigenvalue weighted by atomic mass is 16.5. The van der Waals surface area contributed by atoms with Gasteiger partial charge in [0.2, 0.25) is 5.91 Å². The molecule has 0 spiro atoms. The van der Waals surface area contributed by atoms with Gasteiger partial charge < -0.3 is 24.0 Å². The Morgan fingerprint density at radius 3 is 2.64 bits per heavy atom. The number of aromatic nitrogens is 2. The van der Waals surface area contributed by atoms with Crippen molar-refractivity contribution in [2.24, 2.45) is 0 Å². The van der Waals surface area contributed by atoms with Gasteiger partial charge in [0.05, 0.1) is 24.7 Å². The standard InChI is InChI=1S/C29H31N3O4/c1-19-8-9-20(2)27(14-19)36-18-23(33)17-32-26-7-5-4-6-25(26)30-29(32)21-15-28(34)31(16-21)22-10-12-24(35-3)13-11-22/h4-14,21,23,33H,15-18H2,1-3H3/t21-,23+/m1/s1. The second-order valence-corrected chi connectivity index (χ2v) is 9.41. The Kier molecular flexibility index (Phi) is 6.65. The maximum absolute atomic E-state index is 13.0. The van der Waals surface area contributed by atoms with Gasteiger partial charge in [0, 0.05) is 24.6 Å². The SMILES string of the molecule is COc1ccc(N2C[C@H](c3nc4ccccc4n3C[C@H](O)COc3cc(C)ccc3C)CC2=O)cc1. The molecule has 1 aromatic heterocycles. The second kappa shape index (κ2) is 10.0. The molecule has 1 fully saturated rings. The number of hydrogen-bond donors (Lipinski definition) is 1. The second-order valence-electron chi connectivity index (χ2n) is 9.41. The number of aliphatic hydroxyl groups excluding tert-OH is 1. The van der Waals surface area contributed by atoms with Crippen molar-refractivity contribution < 1.29 is 19.4 Å². The molecule has 0 aliphatic carbocycles. The number of ether oxygens (including phenoxy) is 2. The van der Waals surface area contributed by atoms with Crippen molar-refractivity contribution in [3.8, 4) is 11.5 Å². The number of aryl methyl sites for hydroxylation is 2. The molecule has 1 N–H and O–H groups in total. The Morgan fingerprint density at radius 2 is 1.86 bits per heavy atom. The van der Waals surface area contributed by atoms with E-state index in [1.54, 1.807) is 12.0 Å². The van der Waals surface area contributed by atoms with Gasteiger partial charge in [-0.15, -0.1) is 0 Å². The summed E-state index contributed by atoms with van der Waals surface area (Å²) >= 11 is 0. The third kappa shape index (κ3) is 4.79. The van der Waals surface area contributed by atoms with E-state index in [0.717, 1.165) is 45.2 Å². The largest absolute Gasteiger partial charge is 0.497 e. The molecule has 1 amide bonds. The van der Waals surface area contributed by atoms with E-state index < -0.39 is 6.10 Å². The number of rotatable bonds is 8. The molecule has 1 aliphatic heterocycles. The smallest absolute Gasteiger partial charge is 0.227 e. The van der Waals surface area contributed by atoms with Gasteiger partial charge in [-0.05, 0) is 67.4 Å². The monoisotopic (exact) mass is 485 g/mol. The van der Waals surface area contributed by atoms with Crippen LogP contribution in [0.2, 0.25) is 0 Å². The number of methoxy groups -OCH3 is 1. The van der Waals surface area contributed by atoms with Crippen LogP contribution in [-0.2, 0) is 11.3 Å². The van der Waals surface area contributed by atoms with Crippen LogP contribution in [0.3, 0.4) is 0 Å². The maximum Gasteiger partial charge on any atom is 0.227 e. The van der Waals surface area contributed by atoms with E-state index in [4.69, 9.17) is 14.5 Å². The molecule has 3 aromatic carbocycles. The zero-order chi connectivity index (χ0) is 25.2. The molecule has 7 nitrogen and oxygen atoms in total. The van der Waals surface area contributed by atoms with Gasteiger partial charge in [0.15, 0.2) is 0 Å². The fraction of sp³-hybridized carbons (Fsp3) is 0.310. The molecular weight excluding hydrogens is 454 g/mol. The van der Waals surface area contributed by atoms with Crippen LogP contribution in [0.25, 0.3) is 11.0 Å². The average Bonchev–Trinajstić information content (AvgIpc) is 3.45. The topological polar surface area (TPSA) is 76.8 Å². The third-order valence-corrected chi connectivity index (χ3v) is 6.73. The van der Waals surface area contributed by atoms with Crippen LogP contribution in [0.15, 0.2) is 66.7 Å². The Morgan fingerprint density at radius 1 is 1.08 bits per heavy atom. The number of carbonyl (C=O) groups is 1. The van der Waals surface area contributed by atoms with Gasteiger partial charge in [-0.3, -0.25) is 4.79 Å². The number of anilines is 1. The molecule has 0 unspecified atom stereocenters. The molecule has 0 saturated carbocycles. The third-order valence-electron chi connectivity index (χ3n) is 6.73. The Hall–Kier alpha value is -3.84. The van der Waals surface area contributed by atoms with Gasteiger partial charge in [-0.25, -0.2) is 4.98 Å². The molecule has 1 saturated heterocycles. The van der Waals surface area contributed by atoms with E-state index in [1.807, 2.05) is 85.1 Å². The Balaban J connectivity index is 1.37. The van der Waals surface area contributed by atoms with Crippen LogP contribution in [0, 0.1) is 13.8 Å². The van der Waals surface area contributed by atoms with Gasteiger partial charge in [0.25, 0.3) is 0 Å². The normalized spacial score (nSPS) is 16.5. The minimum absolute atomic E-state index is 0.0579. The average molecular weight is 486 g/mol. The summed E-state index contributed by atoms with van der Waals surface area (Å²) in [5.41, 5.74) is 4.78. The predicted octanol–water partition coefficient (Wildman–Crippen LogP) is 4.62. The molecule has 0 radical (unpaired) electrons. The molecule has 2 heterocycles. The zero-order valence-electron chi connectivity index (χ0n) is 20.8. The van der Waals surface area contributed by atoms with Crippen LogP contribution in [0.4, 0.5) is 5.69 Å². The highest BCUT2D eigenvalue weighted by Gasteiger charge is 2.35. The summed E-state index contributed by atoms with van der Waals surface area (Å²) in [4.78, 5) is 19.7. The first-order chi connectivity index (χ1) is 17.4. The van der Waals surface area contributed by atoms with Crippen molar-refractivity contribution in [1.82, 2.24) is 9.55 Å². The lowest BCUT2D eigenvalue weighted by Crippen LogP contribution is -2.26. The molecule has 1 aliphatic rings. The fourth-order valence-corrected chi connectivity index (χ4v) is 4.80. The number of aliphatic hydroxyl groups is 1. The van der Waals surface area contributed by atoms with E-state index in [-0.39, 0.29) is 18.4 Å². The van der Waals surface area contributed by atoms with Gasteiger partial charge in [-0.2, -0.15) is 0 Å². The van der Waals surface area contributed by atoms with E-state index in [1.165, 1.54) is 0 Å². The van der Waals surface area contributed by atoms with E-state index >= 15 is 0 Å². The molecule has 7 heteroatoms. The summed E-state index contributed by atoms with van der Waals surface area (Å²) in [7, 11) is 1.62. The molecule has 4 aromatic rings. The van der Waals surface area contributed by atoms with Crippen molar-refractivity contribution in [2.75, 3.05) is 25.2 Å². The molecule has 2 atom stereocenters. The van der Waals surface area contributed by atoms with Crippen molar-refractivity contribution in [1.29, 1.82) is 0 Å². The first-order valence-electron chi connectivity index (χ1n) is 12.2. The lowest BCUT2D eigenvalue weighted by Gasteiger charge is -2.19. The maximum atomic E-state index is 13.0. The molecule has 36 heavy (non-hydrogen) atoms. The lowest BCUT2D eigenvalue weighted by molar-refractivity contribution is -0.117. The predicted molar refractivity (Wildman–Crippen MR) is 140 cm³/mol. The van der Waals surface area contributed by atoms with Crippen LogP contribution in [-0.4, -0.2) is 46.9 Å². The highest BCUT2D eigenvalue weighted by molar-refractivity contribution is 5.96. The van der Waals surface area contributed by atoms with E-state index in [0.29, 0.717) is 19.5 Å². The number of carbonyl (C=O) groups excluding carboxylic acids is 1. The lowest BCUT2D eigenvalue weighted by atomic mass is 10.1. The molecule has 186 valence electrons. The van der Waals surface area contributed by atoms with Gasteiger partial charge in [-0.1, -0.05) is 24.3 Å². The van der Waals surface area contributed by atoms with Crippen LogP contribution in [0.5, 0.6) is 11.5 Å². The first kappa shape index (κ1) is 23.9. The van der Waals surface area contributed by atoms with Gasteiger partial charge >= 0.3 is 0 Å². The Bertz CT molecular complexity index is 1380. The summed E-state index contributed by atoms with van der Waals surface area (Å²) in [6.07, 6.45) is -0.374. The van der Waals surface area contributed by atoms with Crippen molar-refractivity contribution in [2.45, 2.75) is 38.8 Å². The van der Waals surface area contributed by atoms with E-state index in [2.05, 4.69) is 0 Å². The van der Waals surface area contributed by atoms with Crippen LogP contribution in [0.1, 0.15) is 29.3 Å². The van der Waals surface area contributed by atoms with E-state index in [9.17, 15) is 9.90 Å². The molecule has 0 bridgehead atoms. The number of fused-ring (bicyclic) bond motifs is 1. The first-order valence-corrected chi connectivity index (χ1v) is 12.2. The number of amides is 1. The zero-order valence-corrected chi connectivity index (χ0v) is 20.8. The summed E-state index contributed by atoms with van der Waals surface area (Å²) in [6.45, 7) is 5.04. The minimum Gasteiger partial charge on any atom is -0.497 e. The Labute approximate surface area is 210 Å². The minimum atomic E-state index is -0.740. The number of benzene rings is 3. The highest BCUT2D eigenvalue weighted by Crippen LogP contribution is 2.34. The van der Waals surface area contributed by atoms with Crippen molar-refractivity contribution in [3.63, 3.8) is 0 Å². The summed E-state index contributed by atoms with van der Waals surface area (Å²) < 4.78 is 13.2. The number of hydrogen-bond acceptors (Lipinski definition) is 5. The van der Waals surface area contributed by atoms with Crippen molar-refractivity contribution >= 4 is 22.6 Å². The fourth-order valence-electron chi connectivity index (χ4n) is 4.80. The summed E-state index contributed by atoms with van der Waals surface area (Å²) in [6, 6.07) is 21.4. The summed E-state index contributed by atoms with van der Waals surface area (Å²) in [5, 5.41) is 10.9. The number of nitrogens with zero attached hydrogens (tertiary/aromatic N) is 3. The van der Waals surface area contributed by atoms with Crippen LogP contribution >= 0.6 is 0 Å². The molecule has 5 rings (SSSR count). The molecular formula is C29H31N3O4. The quantitative estimate of drug-likeness (QED) is 0.394. The number of imidazole rings is 1. The number of para-hydroxylation sites is 2. The van der Waals surface area contributed by atoms with Crippen LogP contribution < -0.4 is 14.4 Å².